The molecule has 0 spiro atoms. The van der Waals surface area contributed by atoms with Crippen molar-refractivity contribution in [2.24, 2.45) is 0 Å². The van der Waals surface area contributed by atoms with Gasteiger partial charge >= 0.3 is 6.09 Å². The summed E-state index contributed by atoms with van der Waals surface area (Å²) in [5.41, 5.74) is 4.80. The van der Waals surface area contributed by atoms with Crippen LogP contribution in [0.1, 0.15) is 36.3 Å². The maximum Gasteiger partial charge on any atom is 0.407 e. The SMILES string of the molecule is [2H]OC[C@@H](O)CCCCNC(=O)OCC1c2ccccc2-c2ccccc21. The monoisotopic (exact) mass is 356 g/mol. The Hall–Kier alpha value is -2.37. The number of amides is 1. The molecule has 0 bridgehead atoms. The van der Waals surface area contributed by atoms with Crippen LogP contribution in [0.3, 0.4) is 0 Å². The number of hydrogen-bond acceptors (Lipinski definition) is 4. The van der Waals surface area contributed by atoms with Crippen molar-refractivity contribution in [1.29, 1.82) is 1.43 Å². The quantitative estimate of drug-likeness (QED) is 0.604. The van der Waals surface area contributed by atoms with Crippen LogP contribution in [0.25, 0.3) is 11.1 Å². The number of benzene rings is 2. The van der Waals surface area contributed by atoms with Gasteiger partial charge < -0.3 is 20.3 Å². The molecule has 26 heavy (non-hydrogen) atoms. The zero-order valence-corrected chi connectivity index (χ0v) is 14.7. The molecular weight excluding hydrogens is 330 g/mol. The molecule has 0 aliphatic heterocycles. The van der Waals surface area contributed by atoms with E-state index in [-0.39, 0.29) is 12.5 Å². The summed E-state index contributed by atoms with van der Waals surface area (Å²) in [6.45, 7) is 0.810. The first-order valence-electron chi connectivity index (χ1n) is 9.46. The third-order valence-corrected chi connectivity index (χ3v) is 4.77. The van der Waals surface area contributed by atoms with Gasteiger partial charge in [0.1, 0.15) is 6.61 Å². The Labute approximate surface area is 155 Å². The second-order valence-corrected chi connectivity index (χ2v) is 6.57. The summed E-state index contributed by atoms with van der Waals surface area (Å²) in [7, 11) is 0. The first kappa shape index (κ1) is 17.1. The van der Waals surface area contributed by atoms with Crippen LogP contribution in [0.15, 0.2) is 48.5 Å². The third-order valence-electron chi connectivity index (χ3n) is 4.77. The Morgan fingerprint density at radius 3 is 2.42 bits per heavy atom. The largest absolute Gasteiger partial charge is 0.449 e. The third kappa shape index (κ3) is 4.23. The number of carbonyl (C=O) groups excluding carboxylic acids is 1. The summed E-state index contributed by atoms with van der Waals surface area (Å²) in [6, 6.07) is 16.5. The smallest absolute Gasteiger partial charge is 0.407 e. The summed E-state index contributed by atoms with van der Waals surface area (Å²) < 4.78 is 12.0. The molecule has 2 aromatic carbocycles. The minimum atomic E-state index is -0.628. The molecular formula is C21H25NO4. The van der Waals surface area contributed by atoms with E-state index in [1.807, 2.05) is 24.3 Å². The van der Waals surface area contributed by atoms with Gasteiger partial charge in [-0.15, -0.1) is 0 Å². The van der Waals surface area contributed by atoms with Crippen LogP contribution in [0.4, 0.5) is 4.79 Å². The molecule has 5 heteroatoms. The second-order valence-electron chi connectivity index (χ2n) is 6.57. The number of rotatable bonds is 9. The Morgan fingerprint density at radius 2 is 1.77 bits per heavy atom. The first-order valence-corrected chi connectivity index (χ1v) is 9.05. The second kappa shape index (κ2) is 8.83. The van der Waals surface area contributed by atoms with Crippen molar-refractivity contribution in [3.05, 3.63) is 59.7 Å². The van der Waals surface area contributed by atoms with E-state index in [0.717, 1.165) is 12.8 Å². The van der Waals surface area contributed by atoms with Crippen molar-refractivity contribution in [2.45, 2.75) is 31.3 Å². The number of alkyl carbamates (subject to hydrolysis) is 1. The van der Waals surface area contributed by atoms with Crippen LogP contribution in [0.2, 0.25) is 0 Å². The summed E-state index contributed by atoms with van der Waals surface area (Å²) in [4.78, 5) is 12.0. The number of ether oxygens (including phenoxy) is 1. The molecule has 0 heterocycles. The fourth-order valence-corrected chi connectivity index (χ4v) is 3.43. The topological polar surface area (TPSA) is 78.8 Å². The lowest BCUT2D eigenvalue weighted by Crippen LogP contribution is -2.27. The van der Waals surface area contributed by atoms with Crippen LogP contribution in [-0.2, 0) is 4.74 Å². The first-order chi connectivity index (χ1) is 13.2. The van der Waals surface area contributed by atoms with Gasteiger partial charge in [0, 0.05) is 12.5 Å². The molecule has 0 fully saturated rings. The van der Waals surface area contributed by atoms with E-state index < -0.39 is 12.2 Å². The highest BCUT2D eigenvalue weighted by Gasteiger charge is 2.28. The van der Waals surface area contributed by atoms with Gasteiger partial charge in [-0.3, -0.25) is 0 Å². The zero-order chi connectivity index (χ0) is 19.1. The maximum atomic E-state index is 12.0. The van der Waals surface area contributed by atoms with Gasteiger partial charge in [0.05, 0.1) is 12.7 Å². The molecule has 0 saturated heterocycles. The van der Waals surface area contributed by atoms with Gasteiger partial charge in [0.25, 0.3) is 0 Å². The van der Waals surface area contributed by atoms with Crippen molar-refractivity contribution >= 4 is 6.09 Å². The molecule has 138 valence electrons. The molecule has 1 aliphatic rings. The van der Waals surface area contributed by atoms with Crippen LogP contribution in [0.5, 0.6) is 0 Å². The van der Waals surface area contributed by atoms with E-state index in [0.29, 0.717) is 19.6 Å². The van der Waals surface area contributed by atoms with Crippen molar-refractivity contribution in [2.75, 3.05) is 19.8 Å². The highest BCUT2D eigenvalue weighted by atomic mass is 16.5. The fourth-order valence-electron chi connectivity index (χ4n) is 3.43. The van der Waals surface area contributed by atoms with E-state index in [1.54, 1.807) is 0 Å². The van der Waals surface area contributed by atoms with Crippen LogP contribution < -0.4 is 5.32 Å². The van der Waals surface area contributed by atoms with Gasteiger partial charge in [-0.05, 0) is 41.5 Å². The van der Waals surface area contributed by atoms with Gasteiger partial charge in [-0.1, -0.05) is 48.5 Å². The molecule has 0 saturated carbocycles. The Kier molecular flexibility index (Phi) is 5.79. The van der Waals surface area contributed by atoms with E-state index in [1.165, 1.54) is 22.3 Å². The molecule has 2 aromatic rings. The van der Waals surface area contributed by atoms with Crippen LogP contribution >= 0.6 is 0 Å². The van der Waals surface area contributed by atoms with Gasteiger partial charge in [-0.25, -0.2) is 4.79 Å². The predicted molar refractivity (Wildman–Crippen MR) is 100 cm³/mol. The van der Waals surface area contributed by atoms with E-state index >= 15 is 0 Å². The van der Waals surface area contributed by atoms with Gasteiger partial charge in [0.2, 0.25) is 1.43 Å². The lowest BCUT2D eigenvalue weighted by Gasteiger charge is -2.14. The molecule has 1 amide bonds. The lowest BCUT2D eigenvalue weighted by atomic mass is 9.98. The summed E-state index contributed by atoms with van der Waals surface area (Å²) in [5.74, 6) is 0.0585. The lowest BCUT2D eigenvalue weighted by molar-refractivity contribution is 0.0861. The number of nitrogens with one attached hydrogen (secondary N) is 1. The molecule has 3 rings (SSSR count). The van der Waals surface area contributed by atoms with Crippen LogP contribution in [-0.4, -0.2) is 43.6 Å². The van der Waals surface area contributed by atoms with Gasteiger partial charge in [-0.2, -0.15) is 0 Å². The Bertz CT molecular complexity index is 722. The molecule has 3 N–H and O–H groups in total. The maximum absolute atomic E-state index is 12.0. The molecule has 0 aromatic heterocycles. The fraction of sp³-hybridized carbons (Fsp3) is 0.381. The summed E-state index contributed by atoms with van der Waals surface area (Å²) in [5, 5.41) is 16.4. The molecule has 5 nitrogen and oxygen atoms in total. The molecule has 1 atom stereocenters. The Morgan fingerprint density at radius 1 is 1.12 bits per heavy atom. The van der Waals surface area contributed by atoms with Crippen molar-refractivity contribution in [3.63, 3.8) is 0 Å². The molecule has 1 aliphatic carbocycles. The predicted octanol–water partition coefficient (Wildman–Crippen LogP) is 3.05. The highest BCUT2D eigenvalue weighted by molar-refractivity contribution is 5.79. The number of carbonyl (C=O) groups is 1. The number of hydrogen-bond donors (Lipinski definition) is 3. The normalized spacial score (nSPS) is 14.3. The van der Waals surface area contributed by atoms with Crippen LogP contribution in [0, 0.1) is 0 Å². The number of fused-ring (bicyclic) bond motifs is 3. The summed E-state index contributed by atoms with van der Waals surface area (Å²) in [6.07, 6.45) is 0.974. The van der Waals surface area contributed by atoms with Crippen molar-refractivity contribution < 1.29 is 19.7 Å². The number of aliphatic hydroxyl groups is 2. The van der Waals surface area contributed by atoms with E-state index in [4.69, 9.17) is 6.17 Å². The van der Waals surface area contributed by atoms with Crippen molar-refractivity contribution in [3.8, 4) is 11.1 Å². The molecule has 0 unspecified atom stereocenters. The van der Waals surface area contributed by atoms with E-state index in [9.17, 15) is 9.90 Å². The minimum absolute atomic E-state index is 0.0137. The van der Waals surface area contributed by atoms with E-state index in [2.05, 4.69) is 34.7 Å². The number of unbranched alkanes of at least 4 members (excludes halogenated alkanes) is 1. The van der Waals surface area contributed by atoms with Gasteiger partial charge in [0.15, 0.2) is 0 Å². The summed E-state index contributed by atoms with van der Waals surface area (Å²) >= 11 is 0. The van der Waals surface area contributed by atoms with Crippen molar-refractivity contribution in [1.82, 2.24) is 5.32 Å². The Balaban J connectivity index is 1.46. The standard InChI is InChI=1S/C21H25NO4/c23-13-15(24)7-5-6-12-22-21(25)26-14-20-18-10-3-1-8-16(18)17-9-2-4-11-19(17)20/h1-4,8-11,15,20,23-24H,5-7,12-14H2,(H,22,25)/t15-/m0/s1/i23D. The zero-order valence-electron chi connectivity index (χ0n) is 15.7. The average molecular weight is 356 g/mol. The highest BCUT2D eigenvalue weighted by Crippen LogP contribution is 2.44. The number of aliphatic hydroxyl groups excluding tert-OH is 2. The minimum Gasteiger partial charge on any atom is -0.449 e. The average Bonchev–Trinajstić information content (AvgIpc) is 3.00. The molecule has 0 radical (unpaired) electrons.